The van der Waals surface area contributed by atoms with Crippen molar-refractivity contribution >= 4 is 0 Å². The van der Waals surface area contributed by atoms with E-state index in [2.05, 4.69) is 10.3 Å². The predicted octanol–water partition coefficient (Wildman–Crippen LogP) is 1.87. The molecule has 0 amide bonds. The van der Waals surface area contributed by atoms with Gasteiger partial charge < -0.3 is 5.32 Å². The molecule has 78 valence electrons. The largest absolute Gasteiger partial charge is 0.311 e. The number of aryl methyl sites for hydroxylation is 1. The Balaban J connectivity index is 2.05. The van der Waals surface area contributed by atoms with E-state index in [0.29, 0.717) is 6.54 Å². The summed E-state index contributed by atoms with van der Waals surface area (Å²) in [6.45, 7) is 0.409. The summed E-state index contributed by atoms with van der Waals surface area (Å²) < 4.78 is 23.4. The van der Waals surface area contributed by atoms with Crippen LogP contribution >= 0.6 is 0 Å². The highest BCUT2D eigenvalue weighted by Gasteiger charge is 1.99. The molecule has 1 aromatic heterocycles. The normalized spacial score (nSPS) is 10.8. The van der Waals surface area contributed by atoms with Crippen LogP contribution in [0, 0.1) is 0 Å². The second kappa shape index (κ2) is 6.43. The first-order valence-corrected chi connectivity index (χ1v) is 4.67. The number of halogens is 2. The molecular formula is C10H14F2N2. The van der Waals surface area contributed by atoms with E-state index in [0.717, 1.165) is 18.4 Å². The van der Waals surface area contributed by atoms with E-state index < -0.39 is 6.43 Å². The molecule has 2 nitrogen and oxygen atoms in total. The highest BCUT2D eigenvalue weighted by atomic mass is 19.3. The van der Waals surface area contributed by atoms with Crippen molar-refractivity contribution in [2.45, 2.75) is 19.3 Å². The van der Waals surface area contributed by atoms with Crippen LogP contribution in [0.3, 0.4) is 0 Å². The van der Waals surface area contributed by atoms with E-state index in [9.17, 15) is 8.78 Å². The molecule has 0 saturated carbocycles. The quantitative estimate of drug-likeness (QED) is 0.709. The van der Waals surface area contributed by atoms with Gasteiger partial charge in [-0.2, -0.15) is 0 Å². The molecule has 0 aromatic carbocycles. The summed E-state index contributed by atoms with van der Waals surface area (Å²) in [5.74, 6) is 0. The van der Waals surface area contributed by atoms with Crippen LogP contribution in [-0.4, -0.2) is 24.5 Å². The van der Waals surface area contributed by atoms with Crippen LogP contribution in [0.5, 0.6) is 0 Å². The van der Waals surface area contributed by atoms with Crippen molar-refractivity contribution < 1.29 is 8.78 Å². The maximum absolute atomic E-state index is 11.7. The van der Waals surface area contributed by atoms with Crippen LogP contribution in [0.2, 0.25) is 0 Å². The molecule has 0 fully saturated rings. The van der Waals surface area contributed by atoms with Gasteiger partial charge in [-0.3, -0.25) is 4.98 Å². The summed E-state index contributed by atoms with van der Waals surface area (Å²) >= 11 is 0. The summed E-state index contributed by atoms with van der Waals surface area (Å²) in [4.78, 5) is 3.97. The number of nitrogens with zero attached hydrogens (tertiary/aromatic N) is 1. The first-order valence-electron chi connectivity index (χ1n) is 4.67. The van der Waals surface area contributed by atoms with E-state index in [1.807, 2.05) is 12.1 Å². The Labute approximate surface area is 82.4 Å². The molecule has 14 heavy (non-hydrogen) atoms. The van der Waals surface area contributed by atoms with Crippen LogP contribution in [0.1, 0.15) is 12.0 Å². The van der Waals surface area contributed by atoms with Gasteiger partial charge in [0.2, 0.25) is 0 Å². The van der Waals surface area contributed by atoms with E-state index in [1.165, 1.54) is 0 Å². The van der Waals surface area contributed by atoms with Gasteiger partial charge >= 0.3 is 0 Å². The van der Waals surface area contributed by atoms with Gasteiger partial charge in [0.1, 0.15) is 0 Å². The third-order valence-electron chi connectivity index (χ3n) is 1.84. The van der Waals surface area contributed by atoms with Crippen molar-refractivity contribution in [2.75, 3.05) is 13.1 Å². The lowest BCUT2D eigenvalue weighted by atomic mass is 10.1. The Hall–Kier alpha value is -1.03. The van der Waals surface area contributed by atoms with E-state index >= 15 is 0 Å². The van der Waals surface area contributed by atoms with Gasteiger partial charge in [0.15, 0.2) is 0 Å². The molecule has 0 atom stereocenters. The predicted molar refractivity (Wildman–Crippen MR) is 51.4 cm³/mol. The smallest absolute Gasteiger partial charge is 0.250 e. The Morgan fingerprint density at radius 2 is 2.29 bits per heavy atom. The lowest BCUT2D eigenvalue weighted by Gasteiger charge is -2.03. The SMILES string of the molecule is FC(F)CNCCCc1cccnc1. The van der Waals surface area contributed by atoms with Gasteiger partial charge in [-0.15, -0.1) is 0 Å². The molecule has 0 aliphatic rings. The van der Waals surface area contributed by atoms with Crippen molar-refractivity contribution in [1.82, 2.24) is 10.3 Å². The van der Waals surface area contributed by atoms with Crippen molar-refractivity contribution in [3.05, 3.63) is 30.1 Å². The average Bonchev–Trinajstić information content (AvgIpc) is 2.18. The molecule has 0 aliphatic heterocycles. The van der Waals surface area contributed by atoms with Gasteiger partial charge in [-0.1, -0.05) is 6.07 Å². The number of hydrogen-bond acceptors (Lipinski definition) is 2. The van der Waals surface area contributed by atoms with Crippen LogP contribution in [0.4, 0.5) is 8.78 Å². The second-order valence-electron chi connectivity index (χ2n) is 3.06. The Kier molecular flexibility index (Phi) is 5.07. The molecule has 0 unspecified atom stereocenters. The number of nitrogens with one attached hydrogen (secondary N) is 1. The minimum Gasteiger partial charge on any atom is -0.311 e. The number of pyridine rings is 1. The van der Waals surface area contributed by atoms with E-state index in [1.54, 1.807) is 12.4 Å². The summed E-state index contributed by atoms with van der Waals surface area (Å²) in [5.41, 5.74) is 1.14. The van der Waals surface area contributed by atoms with Crippen molar-refractivity contribution in [1.29, 1.82) is 0 Å². The van der Waals surface area contributed by atoms with Gasteiger partial charge in [0.05, 0.1) is 6.54 Å². The zero-order valence-electron chi connectivity index (χ0n) is 7.92. The first kappa shape index (κ1) is 11.0. The molecule has 1 rings (SSSR count). The second-order valence-corrected chi connectivity index (χ2v) is 3.06. The number of rotatable bonds is 6. The Morgan fingerprint density at radius 3 is 2.93 bits per heavy atom. The monoisotopic (exact) mass is 200 g/mol. The molecule has 1 N–H and O–H groups in total. The standard InChI is InChI=1S/C10H14F2N2/c11-10(12)8-14-6-2-4-9-3-1-5-13-7-9/h1,3,5,7,10,14H,2,4,6,8H2. The number of alkyl halides is 2. The minimum absolute atomic E-state index is 0.215. The average molecular weight is 200 g/mol. The van der Waals surface area contributed by atoms with E-state index in [-0.39, 0.29) is 6.54 Å². The first-order chi connectivity index (χ1) is 6.79. The lowest BCUT2D eigenvalue weighted by molar-refractivity contribution is 0.146. The van der Waals surface area contributed by atoms with Gasteiger partial charge in [-0.05, 0) is 31.0 Å². The van der Waals surface area contributed by atoms with Gasteiger partial charge in [0.25, 0.3) is 6.43 Å². The fourth-order valence-corrected chi connectivity index (χ4v) is 1.17. The topological polar surface area (TPSA) is 24.9 Å². The lowest BCUT2D eigenvalue weighted by Crippen LogP contribution is -2.22. The Morgan fingerprint density at radius 1 is 1.43 bits per heavy atom. The molecule has 0 bridgehead atoms. The van der Waals surface area contributed by atoms with Crippen molar-refractivity contribution in [2.24, 2.45) is 0 Å². The van der Waals surface area contributed by atoms with E-state index in [4.69, 9.17) is 0 Å². The summed E-state index contributed by atoms with van der Waals surface area (Å²) in [5, 5.41) is 2.68. The van der Waals surface area contributed by atoms with Crippen LogP contribution < -0.4 is 5.32 Å². The molecule has 0 aliphatic carbocycles. The number of aromatic nitrogens is 1. The fraction of sp³-hybridized carbons (Fsp3) is 0.500. The van der Waals surface area contributed by atoms with Crippen LogP contribution in [0.15, 0.2) is 24.5 Å². The summed E-state index contributed by atoms with van der Waals surface area (Å²) in [6.07, 6.45) is 3.00. The third kappa shape index (κ3) is 4.87. The summed E-state index contributed by atoms with van der Waals surface area (Å²) in [7, 11) is 0. The number of hydrogen-bond donors (Lipinski definition) is 1. The highest BCUT2D eigenvalue weighted by molar-refractivity contribution is 5.08. The van der Waals surface area contributed by atoms with Crippen molar-refractivity contribution in [3.63, 3.8) is 0 Å². The third-order valence-corrected chi connectivity index (χ3v) is 1.84. The molecule has 0 saturated heterocycles. The zero-order valence-corrected chi connectivity index (χ0v) is 7.92. The van der Waals surface area contributed by atoms with Crippen LogP contribution in [-0.2, 0) is 6.42 Å². The maximum Gasteiger partial charge on any atom is 0.250 e. The highest BCUT2D eigenvalue weighted by Crippen LogP contribution is 1.99. The van der Waals surface area contributed by atoms with Gasteiger partial charge in [-0.25, -0.2) is 8.78 Å². The fourth-order valence-electron chi connectivity index (χ4n) is 1.17. The molecule has 4 heteroatoms. The Bertz CT molecular complexity index is 239. The molecule has 1 aromatic rings. The van der Waals surface area contributed by atoms with Crippen LogP contribution in [0.25, 0.3) is 0 Å². The molecular weight excluding hydrogens is 186 g/mol. The van der Waals surface area contributed by atoms with Crippen molar-refractivity contribution in [3.8, 4) is 0 Å². The maximum atomic E-state index is 11.7. The molecule has 0 radical (unpaired) electrons. The molecule has 0 spiro atoms. The molecule has 1 heterocycles. The minimum atomic E-state index is -2.26. The van der Waals surface area contributed by atoms with Gasteiger partial charge in [0, 0.05) is 12.4 Å². The zero-order chi connectivity index (χ0) is 10.2. The summed E-state index contributed by atoms with van der Waals surface area (Å²) in [6, 6.07) is 3.86.